The SMILES string of the molecule is CCCC[Si](C)(C)C(CC)O[Si](C)(C)C(C)(CC)CCCOCCOC(=O)CCCC(=O)O. The topological polar surface area (TPSA) is 82.1 Å². The number of carbonyl (C=O) groups excluding carboxylic acids is 1. The average molecular weight is 505 g/mol. The van der Waals surface area contributed by atoms with Crippen molar-refractivity contribution in [3.63, 3.8) is 0 Å². The zero-order valence-corrected chi connectivity index (χ0v) is 24.8. The molecule has 0 fully saturated rings. The second-order valence-corrected chi connectivity index (χ2v) is 20.3. The molecular formula is C25H52O6Si2. The zero-order chi connectivity index (χ0) is 25.5. The van der Waals surface area contributed by atoms with Gasteiger partial charge in [0.2, 0.25) is 0 Å². The van der Waals surface area contributed by atoms with E-state index >= 15 is 0 Å². The largest absolute Gasteiger partial charge is 0.481 e. The van der Waals surface area contributed by atoms with Crippen LogP contribution in [0.5, 0.6) is 0 Å². The van der Waals surface area contributed by atoms with E-state index in [2.05, 4.69) is 53.9 Å². The van der Waals surface area contributed by atoms with E-state index in [1.807, 2.05) is 0 Å². The minimum absolute atomic E-state index is 0.0113. The van der Waals surface area contributed by atoms with Gasteiger partial charge in [0.05, 0.1) is 14.7 Å². The fourth-order valence-electron chi connectivity index (χ4n) is 4.33. The molecule has 196 valence electrons. The van der Waals surface area contributed by atoms with Gasteiger partial charge in [-0.2, -0.15) is 0 Å². The Morgan fingerprint density at radius 2 is 1.61 bits per heavy atom. The molecule has 0 aliphatic heterocycles. The van der Waals surface area contributed by atoms with Gasteiger partial charge in [-0.3, -0.25) is 9.59 Å². The summed E-state index contributed by atoms with van der Waals surface area (Å²) in [6, 6.07) is 1.34. The van der Waals surface area contributed by atoms with Gasteiger partial charge in [-0.25, -0.2) is 0 Å². The number of rotatable bonds is 20. The monoisotopic (exact) mass is 504 g/mol. The first-order chi connectivity index (χ1) is 15.3. The smallest absolute Gasteiger partial charge is 0.305 e. The first kappa shape index (κ1) is 32.3. The van der Waals surface area contributed by atoms with Gasteiger partial charge in [-0.15, -0.1) is 0 Å². The third kappa shape index (κ3) is 12.5. The molecule has 0 heterocycles. The number of unbranched alkanes of at least 4 members (excludes halogenated alkanes) is 1. The number of esters is 1. The Morgan fingerprint density at radius 1 is 0.939 bits per heavy atom. The zero-order valence-electron chi connectivity index (χ0n) is 22.8. The Kier molecular flexibility index (Phi) is 15.7. The molecule has 8 heteroatoms. The number of carboxylic acid groups (broad SMARTS) is 1. The summed E-state index contributed by atoms with van der Waals surface area (Å²) in [4.78, 5) is 22.0. The highest BCUT2D eigenvalue weighted by Crippen LogP contribution is 2.47. The van der Waals surface area contributed by atoms with Gasteiger partial charge in [0.1, 0.15) is 6.61 Å². The lowest BCUT2D eigenvalue weighted by Gasteiger charge is -2.47. The maximum atomic E-state index is 11.6. The predicted molar refractivity (Wildman–Crippen MR) is 141 cm³/mol. The van der Waals surface area contributed by atoms with Crippen LogP contribution in [0, 0.1) is 0 Å². The van der Waals surface area contributed by atoms with Crippen LogP contribution in [0.2, 0.25) is 37.3 Å². The summed E-state index contributed by atoms with van der Waals surface area (Å²) in [6.45, 7) is 20.3. The van der Waals surface area contributed by atoms with Gasteiger partial charge in [-0.05, 0) is 43.8 Å². The van der Waals surface area contributed by atoms with Crippen molar-refractivity contribution in [2.75, 3.05) is 19.8 Å². The summed E-state index contributed by atoms with van der Waals surface area (Å²) in [5.74, 6) is -1.26. The maximum Gasteiger partial charge on any atom is 0.305 e. The Balaban J connectivity index is 4.49. The summed E-state index contributed by atoms with van der Waals surface area (Å²) < 4.78 is 17.8. The molecule has 0 aliphatic rings. The van der Waals surface area contributed by atoms with Crippen LogP contribution in [0.4, 0.5) is 0 Å². The van der Waals surface area contributed by atoms with E-state index in [9.17, 15) is 9.59 Å². The Hall–Kier alpha value is -0.706. The Bertz CT molecular complexity index is 567. The van der Waals surface area contributed by atoms with Crippen molar-refractivity contribution in [2.24, 2.45) is 0 Å². The summed E-state index contributed by atoms with van der Waals surface area (Å²) >= 11 is 0. The van der Waals surface area contributed by atoms with Crippen LogP contribution >= 0.6 is 0 Å². The third-order valence-electron chi connectivity index (χ3n) is 7.37. The summed E-state index contributed by atoms with van der Waals surface area (Å²) in [5.41, 5.74) is 0.429. The summed E-state index contributed by atoms with van der Waals surface area (Å²) in [5, 5.41) is 8.78. The lowest BCUT2D eigenvalue weighted by molar-refractivity contribution is -0.145. The maximum absolute atomic E-state index is 11.6. The molecule has 0 rings (SSSR count). The number of carboxylic acids is 1. The second kappa shape index (κ2) is 16.1. The van der Waals surface area contributed by atoms with E-state index in [1.54, 1.807) is 0 Å². The molecule has 0 spiro atoms. The van der Waals surface area contributed by atoms with Crippen molar-refractivity contribution in [2.45, 2.75) is 128 Å². The van der Waals surface area contributed by atoms with Crippen molar-refractivity contribution in [3.8, 4) is 0 Å². The second-order valence-electron chi connectivity index (χ2n) is 10.7. The molecule has 0 amide bonds. The fourth-order valence-corrected chi connectivity index (χ4v) is 12.0. The predicted octanol–water partition coefficient (Wildman–Crippen LogP) is 6.80. The lowest BCUT2D eigenvalue weighted by atomic mass is 10.0. The van der Waals surface area contributed by atoms with Gasteiger partial charge in [-0.1, -0.05) is 66.1 Å². The van der Waals surface area contributed by atoms with E-state index in [1.165, 1.54) is 18.9 Å². The van der Waals surface area contributed by atoms with Crippen LogP contribution in [0.25, 0.3) is 0 Å². The van der Waals surface area contributed by atoms with Crippen molar-refractivity contribution in [1.82, 2.24) is 0 Å². The lowest BCUT2D eigenvalue weighted by Crippen LogP contribution is -2.53. The molecular weight excluding hydrogens is 452 g/mol. The van der Waals surface area contributed by atoms with Crippen LogP contribution < -0.4 is 0 Å². The minimum atomic E-state index is -1.93. The van der Waals surface area contributed by atoms with Gasteiger partial charge in [0, 0.05) is 25.2 Å². The van der Waals surface area contributed by atoms with Gasteiger partial charge < -0.3 is 19.0 Å². The highest BCUT2D eigenvalue weighted by Gasteiger charge is 2.46. The molecule has 1 N–H and O–H groups in total. The number of carbonyl (C=O) groups is 2. The molecule has 0 aromatic carbocycles. The first-order valence-corrected chi connectivity index (χ1v) is 19.2. The molecule has 0 saturated heterocycles. The number of hydrogen-bond acceptors (Lipinski definition) is 5. The quantitative estimate of drug-likeness (QED) is 0.111. The molecule has 0 aromatic heterocycles. The number of hydrogen-bond donors (Lipinski definition) is 1. The van der Waals surface area contributed by atoms with Crippen molar-refractivity contribution >= 4 is 28.3 Å². The molecule has 2 unspecified atom stereocenters. The molecule has 0 aromatic rings. The normalized spacial score (nSPS) is 15.2. The molecule has 2 atom stereocenters. The molecule has 0 aliphatic carbocycles. The highest BCUT2D eigenvalue weighted by molar-refractivity contribution is 6.81. The van der Waals surface area contributed by atoms with Crippen LogP contribution in [0.15, 0.2) is 0 Å². The van der Waals surface area contributed by atoms with Crippen molar-refractivity contribution in [3.05, 3.63) is 0 Å². The van der Waals surface area contributed by atoms with Gasteiger partial charge in [0.15, 0.2) is 8.32 Å². The molecule has 0 saturated carbocycles. The number of ether oxygens (including phenoxy) is 2. The summed E-state index contributed by atoms with van der Waals surface area (Å²) in [7, 11) is -3.35. The van der Waals surface area contributed by atoms with E-state index in [4.69, 9.17) is 19.0 Å². The van der Waals surface area contributed by atoms with Gasteiger partial charge >= 0.3 is 11.9 Å². The van der Waals surface area contributed by atoms with E-state index in [-0.39, 0.29) is 30.5 Å². The third-order valence-corrected chi connectivity index (χ3v) is 15.9. The average Bonchev–Trinajstić information content (AvgIpc) is 2.74. The summed E-state index contributed by atoms with van der Waals surface area (Å²) in [6.07, 6.45) is 7.25. The fraction of sp³-hybridized carbons (Fsp3) is 0.920. The van der Waals surface area contributed by atoms with E-state index < -0.39 is 22.4 Å². The Labute approximate surface area is 205 Å². The standard InChI is InChI=1S/C25H52O6Si2/c1-9-12-21-32(5,6)24(10-2)31-33(7,8)25(4,11-3)17-14-18-29-19-20-30-23(28)16-13-15-22(26)27/h24H,9-21H2,1-8H3,(H,26,27). The van der Waals surface area contributed by atoms with Crippen LogP contribution in [0.1, 0.15) is 85.5 Å². The molecule has 6 nitrogen and oxygen atoms in total. The van der Waals surface area contributed by atoms with Crippen LogP contribution in [-0.4, -0.2) is 59.0 Å². The Morgan fingerprint density at radius 3 is 2.15 bits per heavy atom. The molecule has 0 radical (unpaired) electrons. The highest BCUT2D eigenvalue weighted by atomic mass is 28.4. The van der Waals surface area contributed by atoms with Crippen LogP contribution in [0.3, 0.4) is 0 Å². The van der Waals surface area contributed by atoms with Crippen molar-refractivity contribution in [1.29, 1.82) is 0 Å². The first-order valence-electron chi connectivity index (χ1n) is 13.0. The van der Waals surface area contributed by atoms with Crippen LogP contribution in [-0.2, 0) is 23.5 Å². The molecule has 0 bridgehead atoms. The van der Waals surface area contributed by atoms with E-state index in [0.29, 0.717) is 25.4 Å². The van der Waals surface area contributed by atoms with Crippen molar-refractivity contribution < 1.29 is 28.6 Å². The van der Waals surface area contributed by atoms with Gasteiger partial charge in [0.25, 0.3) is 0 Å². The van der Waals surface area contributed by atoms with E-state index in [0.717, 1.165) is 25.7 Å². The minimum Gasteiger partial charge on any atom is -0.481 e. The number of aliphatic carboxylic acids is 1. The molecule has 33 heavy (non-hydrogen) atoms.